The van der Waals surface area contributed by atoms with Crippen molar-refractivity contribution in [2.75, 3.05) is 25.4 Å². The van der Waals surface area contributed by atoms with Crippen LogP contribution in [-0.2, 0) is 32.6 Å². The quantitative estimate of drug-likeness (QED) is 0.674. The number of sulfonamides is 1. The molecule has 1 N–H and O–H groups in total. The van der Waals surface area contributed by atoms with E-state index in [0.29, 0.717) is 25.9 Å². The molecule has 3 unspecified atom stereocenters. The van der Waals surface area contributed by atoms with Gasteiger partial charge in [-0.05, 0) is 44.2 Å². The first-order chi connectivity index (χ1) is 14.3. The van der Waals surface area contributed by atoms with E-state index >= 15 is 0 Å². The molecule has 2 fully saturated rings. The van der Waals surface area contributed by atoms with Crippen LogP contribution < -0.4 is 5.32 Å². The van der Waals surface area contributed by atoms with Gasteiger partial charge in [0.1, 0.15) is 6.04 Å². The first kappa shape index (κ1) is 23.2. The maximum Gasteiger partial charge on any atom is 0.238 e. The molecule has 3 atom stereocenters. The van der Waals surface area contributed by atoms with Gasteiger partial charge in [-0.3, -0.25) is 9.69 Å². The Morgan fingerprint density at radius 1 is 1.13 bits per heavy atom. The minimum absolute atomic E-state index is 0.0962. The van der Waals surface area contributed by atoms with Gasteiger partial charge in [0.25, 0.3) is 0 Å². The second-order valence-corrected chi connectivity index (χ2v) is 10.6. The summed E-state index contributed by atoms with van der Waals surface area (Å²) in [5.41, 5.74) is 2.25. The fourth-order valence-electron chi connectivity index (χ4n) is 4.45. The fourth-order valence-corrected chi connectivity index (χ4v) is 6.20. The molecule has 7 nitrogen and oxygen atoms in total. The molecule has 1 aromatic rings. The van der Waals surface area contributed by atoms with Crippen LogP contribution in [0.15, 0.2) is 24.3 Å². The van der Waals surface area contributed by atoms with Gasteiger partial charge in [-0.15, -0.1) is 0 Å². The summed E-state index contributed by atoms with van der Waals surface area (Å²) in [5, 5.41) is 2.93. The first-order valence-electron chi connectivity index (χ1n) is 11.0. The molecule has 1 amide bonds. The third-order valence-electron chi connectivity index (χ3n) is 5.72. The Labute approximate surface area is 180 Å². The number of carbonyl (C=O) groups excluding carboxylic acids is 1. The van der Waals surface area contributed by atoms with E-state index in [2.05, 4.69) is 36.2 Å². The second-order valence-electron chi connectivity index (χ2n) is 8.57. The molecule has 0 bridgehead atoms. The van der Waals surface area contributed by atoms with Gasteiger partial charge in [-0.2, -0.15) is 4.31 Å². The zero-order valence-electron chi connectivity index (χ0n) is 18.3. The van der Waals surface area contributed by atoms with Crippen molar-refractivity contribution in [2.24, 2.45) is 0 Å². The molecular formula is C22H35N3O4S. The number of hydrogen-bond acceptors (Lipinski definition) is 5. The SMILES string of the molecule is CCCS(=O)(=O)N1CCCC1C(=O)NCc1ccc(CN2CC(C)OC(C)C2)cc1. The number of hydrogen-bond donors (Lipinski definition) is 1. The Kier molecular flexibility index (Phi) is 7.90. The lowest BCUT2D eigenvalue weighted by Gasteiger charge is -2.35. The maximum atomic E-state index is 12.6. The highest BCUT2D eigenvalue weighted by atomic mass is 32.2. The van der Waals surface area contributed by atoms with Crippen molar-refractivity contribution in [2.45, 2.75) is 71.4 Å². The number of benzene rings is 1. The summed E-state index contributed by atoms with van der Waals surface area (Å²) in [4.78, 5) is 15.0. The molecule has 2 saturated heterocycles. The summed E-state index contributed by atoms with van der Waals surface area (Å²) in [5.74, 6) is -0.105. The lowest BCUT2D eigenvalue weighted by Crippen LogP contribution is -2.46. The van der Waals surface area contributed by atoms with E-state index in [4.69, 9.17) is 4.74 Å². The predicted molar refractivity (Wildman–Crippen MR) is 117 cm³/mol. The molecule has 0 radical (unpaired) electrons. The van der Waals surface area contributed by atoms with E-state index in [1.165, 1.54) is 9.87 Å². The van der Waals surface area contributed by atoms with Gasteiger partial charge in [0, 0.05) is 32.7 Å². The summed E-state index contributed by atoms with van der Waals surface area (Å²) < 4.78 is 32.0. The Morgan fingerprint density at radius 2 is 1.77 bits per heavy atom. The minimum atomic E-state index is -3.36. The lowest BCUT2D eigenvalue weighted by molar-refractivity contribution is -0.124. The Morgan fingerprint density at radius 3 is 2.40 bits per heavy atom. The summed E-state index contributed by atoms with van der Waals surface area (Å²) in [6, 6.07) is 7.68. The van der Waals surface area contributed by atoms with E-state index in [0.717, 1.165) is 31.6 Å². The predicted octanol–water partition coefficient (Wildman–Crippen LogP) is 2.12. The van der Waals surface area contributed by atoms with Gasteiger partial charge >= 0.3 is 0 Å². The van der Waals surface area contributed by atoms with Crippen LogP contribution in [0.1, 0.15) is 51.2 Å². The normalized spacial score (nSPS) is 26.0. The molecule has 2 aliphatic rings. The second kappa shape index (κ2) is 10.2. The van der Waals surface area contributed by atoms with Gasteiger partial charge in [0.15, 0.2) is 0 Å². The van der Waals surface area contributed by atoms with Crippen molar-refractivity contribution >= 4 is 15.9 Å². The minimum Gasteiger partial charge on any atom is -0.373 e. The summed E-state index contributed by atoms with van der Waals surface area (Å²) in [6.45, 7) is 9.64. The Bertz CT molecular complexity index is 802. The van der Waals surface area contributed by atoms with Gasteiger partial charge in [0.05, 0.1) is 18.0 Å². The molecule has 0 spiro atoms. The molecule has 2 heterocycles. The third kappa shape index (κ3) is 6.03. The number of nitrogens with zero attached hydrogens (tertiary/aromatic N) is 2. The van der Waals surface area contributed by atoms with Gasteiger partial charge in [-0.1, -0.05) is 31.2 Å². The number of morpholine rings is 1. The highest BCUT2D eigenvalue weighted by Crippen LogP contribution is 2.22. The fraction of sp³-hybridized carbons (Fsp3) is 0.682. The highest BCUT2D eigenvalue weighted by molar-refractivity contribution is 7.89. The molecule has 8 heteroatoms. The zero-order valence-corrected chi connectivity index (χ0v) is 19.2. The van der Waals surface area contributed by atoms with E-state index in [9.17, 15) is 13.2 Å². The maximum absolute atomic E-state index is 12.6. The summed E-state index contributed by atoms with van der Waals surface area (Å²) in [7, 11) is -3.36. The van der Waals surface area contributed by atoms with E-state index in [1.807, 2.05) is 19.1 Å². The van der Waals surface area contributed by atoms with Gasteiger partial charge in [0.2, 0.25) is 15.9 Å². The van der Waals surface area contributed by atoms with Crippen LogP contribution in [0.25, 0.3) is 0 Å². The molecule has 30 heavy (non-hydrogen) atoms. The molecule has 3 rings (SSSR count). The van der Waals surface area contributed by atoms with Crippen LogP contribution in [0.3, 0.4) is 0 Å². The van der Waals surface area contributed by atoms with Crippen molar-refractivity contribution in [3.05, 3.63) is 35.4 Å². The van der Waals surface area contributed by atoms with Crippen molar-refractivity contribution in [3.8, 4) is 0 Å². The van der Waals surface area contributed by atoms with Crippen LogP contribution in [0, 0.1) is 0 Å². The molecule has 0 saturated carbocycles. The van der Waals surface area contributed by atoms with Gasteiger partial charge < -0.3 is 10.1 Å². The molecule has 2 aliphatic heterocycles. The molecule has 0 aromatic heterocycles. The van der Waals surface area contributed by atoms with Crippen molar-refractivity contribution in [1.29, 1.82) is 0 Å². The first-order valence-corrected chi connectivity index (χ1v) is 12.6. The van der Waals surface area contributed by atoms with Crippen LogP contribution in [0.5, 0.6) is 0 Å². The molecular weight excluding hydrogens is 402 g/mol. The number of nitrogens with one attached hydrogen (secondary N) is 1. The Balaban J connectivity index is 1.51. The van der Waals surface area contributed by atoms with Crippen LogP contribution >= 0.6 is 0 Å². The van der Waals surface area contributed by atoms with Crippen molar-refractivity contribution in [1.82, 2.24) is 14.5 Å². The number of ether oxygens (including phenoxy) is 1. The average Bonchev–Trinajstić information content (AvgIpc) is 3.17. The zero-order chi connectivity index (χ0) is 21.7. The van der Waals surface area contributed by atoms with Gasteiger partial charge in [-0.25, -0.2) is 8.42 Å². The van der Waals surface area contributed by atoms with Crippen molar-refractivity contribution < 1.29 is 17.9 Å². The van der Waals surface area contributed by atoms with Crippen LogP contribution in [-0.4, -0.2) is 67.2 Å². The highest BCUT2D eigenvalue weighted by Gasteiger charge is 2.37. The lowest BCUT2D eigenvalue weighted by atomic mass is 10.1. The number of rotatable bonds is 8. The molecule has 1 aromatic carbocycles. The van der Waals surface area contributed by atoms with E-state index < -0.39 is 16.1 Å². The number of amides is 1. The van der Waals surface area contributed by atoms with E-state index in [1.54, 1.807) is 0 Å². The smallest absolute Gasteiger partial charge is 0.238 e. The molecule has 0 aliphatic carbocycles. The molecule has 168 valence electrons. The number of carbonyl (C=O) groups is 1. The average molecular weight is 438 g/mol. The van der Waals surface area contributed by atoms with E-state index in [-0.39, 0.29) is 23.9 Å². The topological polar surface area (TPSA) is 79.0 Å². The van der Waals surface area contributed by atoms with Crippen LogP contribution in [0.4, 0.5) is 0 Å². The van der Waals surface area contributed by atoms with Crippen LogP contribution in [0.2, 0.25) is 0 Å². The third-order valence-corrected chi connectivity index (χ3v) is 7.79. The standard InChI is InChI=1S/C22H35N3O4S/c1-4-12-30(27,28)25-11-5-6-21(25)22(26)23-13-19-7-9-20(10-8-19)16-24-14-17(2)29-18(3)15-24/h7-10,17-18,21H,4-6,11-16H2,1-3H3,(H,23,26). The summed E-state index contributed by atoms with van der Waals surface area (Å²) in [6.07, 6.45) is 2.37. The van der Waals surface area contributed by atoms with Crippen molar-refractivity contribution in [3.63, 3.8) is 0 Å². The Hall–Kier alpha value is -1.48. The summed E-state index contributed by atoms with van der Waals surface area (Å²) >= 11 is 0. The monoisotopic (exact) mass is 437 g/mol. The largest absolute Gasteiger partial charge is 0.373 e.